The fourth-order valence-corrected chi connectivity index (χ4v) is 1.59. The van der Waals surface area contributed by atoms with Crippen LogP contribution in [0.25, 0.3) is 0 Å². The van der Waals surface area contributed by atoms with Gasteiger partial charge in [-0.25, -0.2) is 0 Å². The average Bonchev–Trinajstić information content (AvgIpc) is 2.19. The third-order valence-electron chi connectivity index (χ3n) is 2.23. The normalized spacial score (nSPS) is 17.2. The van der Waals surface area contributed by atoms with E-state index in [4.69, 9.17) is 0 Å². The summed E-state index contributed by atoms with van der Waals surface area (Å²) in [6, 6.07) is 0. The Kier molecular flexibility index (Phi) is 8.51. The summed E-state index contributed by atoms with van der Waals surface area (Å²) in [6.45, 7) is 2.36. The van der Waals surface area contributed by atoms with Crippen molar-refractivity contribution in [3.05, 3.63) is 0 Å². The van der Waals surface area contributed by atoms with Gasteiger partial charge in [-0.3, -0.25) is 4.79 Å². The van der Waals surface area contributed by atoms with Gasteiger partial charge in [0.25, 0.3) is 0 Å². The van der Waals surface area contributed by atoms with Gasteiger partial charge in [0.2, 0.25) is 0 Å². The predicted octanol–water partition coefficient (Wildman–Crippen LogP) is 3.14. The Balaban J connectivity index is 0.000000226. The molecule has 2 nitrogen and oxygen atoms in total. The number of halogens is 1. The Morgan fingerprint density at radius 2 is 1.92 bits per heavy atom. The molecule has 0 atom stereocenters. The van der Waals surface area contributed by atoms with Crippen LogP contribution in [0.4, 0.5) is 0 Å². The number of carbonyl (C=O) groups is 1. The molecule has 0 heterocycles. The summed E-state index contributed by atoms with van der Waals surface area (Å²) in [6.07, 6.45) is 7.44. The quantitative estimate of drug-likeness (QED) is 0.528. The van der Waals surface area contributed by atoms with Crippen LogP contribution in [0.2, 0.25) is 0 Å². The molecule has 0 aliphatic heterocycles. The highest BCUT2D eigenvalue weighted by Crippen LogP contribution is 2.22. The van der Waals surface area contributed by atoms with E-state index in [-0.39, 0.29) is 11.3 Å². The molecule has 1 aliphatic rings. The number of carbonyl (C=O) groups excluding carboxylic acids is 1. The smallest absolute Gasteiger partial charge is 0.316 e. The molecule has 1 rings (SSSR count). The van der Waals surface area contributed by atoms with Gasteiger partial charge in [0.15, 0.2) is 0 Å². The molecule has 1 fully saturated rings. The van der Waals surface area contributed by atoms with Gasteiger partial charge in [-0.05, 0) is 5.92 Å². The van der Waals surface area contributed by atoms with Crippen LogP contribution in [-0.4, -0.2) is 18.4 Å². The molecule has 0 N–H and O–H groups in total. The first-order valence-corrected chi connectivity index (χ1v) is 5.95. The van der Waals surface area contributed by atoms with Crippen molar-refractivity contribution in [2.75, 3.05) is 12.4 Å². The molecule has 0 aromatic carbocycles. The minimum atomic E-state index is -0.241. The van der Waals surface area contributed by atoms with Crippen molar-refractivity contribution in [2.45, 2.75) is 39.0 Å². The van der Waals surface area contributed by atoms with Gasteiger partial charge in [-0.2, -0.15) is 0 Å². The first kappa shape index (κ1) is 12.9. The van der Waals surface area contributed by atoms with Crippen LogP contribution in [0.15, 0.2) is 0 Å². The van der Waals surface area contributed by atoms with E-state index in [2.05, 4.69) is 27.6 Å². The first-order chi connectivity index (χ1) is 6.20. The number of ether oxygens (including phenoxy) is 1. The van der Waals surface area contributed by atoms with E-state index in [0.29, 0.717) is 0 Å². The fourth-order valence-electron chi connectivity index (χ4n) is 1.36. The van der Waals surface area contributed by atoms with E-state index >= 15 is 0 Å². The van der Waals surface area contributed by atoms with E-state index in [9.17, 15) is 4.79 Å². The number of esters is 1. The highest BCUT2D eigenvalue weighted by molar-refractivity contribution is 9.09. The van der Waals surface area contributed by atoms with Crippen molar-refractivity contribution in [1.82, 2.24) is 0 Å². The SMILES string of the molecule is CC1CCCCC1.COC(=O)CBr. The van der Waals surface area contributed by atoms with Crippen LogP contribution in [0, 0.1) is 5.92 Å². The Hall–Kier alpha value is -0.0500. The third kappa shape index (κ3) is 8.28. The molecule has 0 aromatic rings. The zero-order chi connectivity index (χ0) is 10.1. The maximum absolute atomic E-state index is 9.91. The van der Waals surface area contributed by atoms with Crippen LogP contribution in [0.1, 0.15) is 39.0 Å². The van der Waals surface area contributed by atoms with Gasteiger partial charge in [0.1, 0.15) is 5.33 Å². The van der Waals surface area contributed by atoms with Crippen molar-refractivity contribution >= 4 is 21.9 Å². The molecule has 0 aromatic heterocycles. The molecule has 0 unspecified atom stereocenters. The van der Waals surface area contributed by atoms with E-state index < -0.39 is 0 Å². The van der Waals surface area contributed by atoms with Crippen molar-refractivity contribution in [3.8, 4) is 0 Å². The van der Waals surface area contributed by atoms with E-state index in [0.717, 1.165) is 5.92 Å². The van der Waals surface area contributed by atoms with Crippen LogP contribution in [-0.2, 0) is 9.53 Å². The molecule has 0 radical (unpaired) electrons. The van der Waals surface area contributed by atoms with Crippen molar-refractivity contribution in [2.24, 2.45) is 5.92 Å². The van der Waals surface area contributed by atoms with Gasteiger partial charge in [0, 0.05) is 0 Å². The molecule has 0 bridgehead atoms. The third-order valence-corrected chi connectivity index (χ3v) is 2.69. The highest BCUT2D eigenvalue weighted by atomic mass is 79.9. The number of hydrogen-bond acceptors (Lipinski definition) is 2. The lowest BCUT2D eigenvalue weighted by Crippen LogP contribution is -1.99. The van der Waals surface area contributed by atoms with E-state index in [1.165, 1.54) is 39.2 Å². The second kappa shape index (κ2) is 8.54. The number of alkyl halides is 1. The monoisotopic (exact) mass is 250 g/mol. The second-order valence-electron chi connectivity index (χ2n) is 3.45. The highest BCUT2D eigenvalue weighted by Gasteiger charge is 2.05. The van der Waals surface area contributed by atoms with Crippen LogP contribution in [0.5, 0.6) is 0 Å². The summed E-state index contributed by atoms with van der Waals surface area (Å²) in [7, 11) is 1.35. The zero-order valence-electron chi connectivity index (χ0n) is 8.51. The summed E-state index contributed by atoms with van der Waals surface area (Å²) < 4.78 is 4.21. The van der Waals surface area contributed by atoms with Crippen molar-refractivity contribution < 1.29 is 9.53 Å². The predicted molar refractivity (Wildman–Crippen MR) is 58.1 cm³/mol. The van der Waals surface area contributed by atoms with Gasteiger partial charge in [0.05, 0.1) is 7.11 Å². The van der Waals surface area contributed by atoms with Gasteiger partial charge in [-0.1, -0.05) is 55.0 Å². The average molecular weight is 251 g/mol. The molecule has 0 spiro atoms. The Morgan fingerprint density at radius 1 is 1.38 bits per heavy atom. The van der Waals surface area contributed by atoms with E-state index in [1.807, 2.05) is 0 Å². The van der Waals surface area contributed by atoms with Crippen LogP contribution in [0.3, 0.4) is 0 Å². The molecule has 1 aliphatic carbocycles. The maximum Gasteiger partial charge on any atom is 0.316 e. The molecule has 0 saturated heterocycles. The zero-order valence-corrected chi connectivity index (χ0v) is 10.1. The molecule has 78 valence electrons. The topological polar surface area (TPSA) is 26.3 Å². The number of hydrogen-bond donors (Lipinski definition) is 0. The summed E-state index contributed by atoms with van der Waals surface area (Å²) >= 11 is 2.90. The van der Waals surface area contributed by atoms with Crippen molar-refractivity contribution in [3.63, 3.8) is 0 Å². The molecule has 1 saturated carbocycles. The van der Waals surface area contributed by atoms with Crippen LogP contribution >= 0.6 is 15.9 Å². The summed E-state index contributed by atoms with van der Waals surface area (Å²) in [5.41, 5.74) is 0. The summed E-state index contributed by atoms with van der Waals surface area (Å²) in [5.74, 6) is 0.795. The molecule has 0 amide bonds. The first-order valence-electron chi connectivity index (χ1n) is 4.83. The lowest BCUT2D eigenvalue weighted by atomic mass is 9.91. The largest absolute Gasteiger partial charge is 0.468 e. The summed E-state index contributed by atoms with van der Waals surface area (Å²) in [4.78, 5) is 9.91. The Bertz CT molecular complexity index is 125. The summed E-state index contributed by atoms with van der Waals surface area (Å²) in [5, 5.41) is 0.281. The Labute approximate surface area is 89.2 Å². The van der Waals surface area contributed by atoms with Gasteiger partial charge < -0.3 is 4.74 Å². The Morgan fingerprint density at radius 3 is 2.08 bits per heavy atom. The molecule has 3 heteroatoms. The minimum Gasteiger partial charge on any atom is -0.468 e. The molecular formula is C10H19BrO2. The van der Waals surface area contributed by atoms with E-state index in [1.54, 1.807) is 0 Å². The van der Waals surface area contributed by atoms with Crippen LogP contribution < -0.4 is 0 Å². The number of methoxy groups -OCH3 is 1. The van der Waals surface area contributed by atoms with Gasteiger partial charge in [-0.15, -0.1) is 0 Å². The maximum atomic E-state index is 9.91. The minimum absolute atomic E-state index is 0.241. The number of rotatable bonds is 1. The lowest BCUT2D eigenvalue weighted by molar-refractivity contribution is -0.137. The molecular weight excluding hydrogens is 232 g/mol. The standard InChI is InChI=1S/C7H14.C3H5BrO2/c1-7-5-3-2-4-6-7;1-6-3(5)2-4/h7H,2-6H2,1H3;2H2,1H3. The fraction of sp³-hybridized carbons (Fsp3) is 0.900. The molecule has 13 heavy (non-hydrogen) atoms. The van der Waals surface area contributed by atoms with Crippen molar-refractivity contribution in [1.29, 1.82) is 0 Å². The van der Waals surface area contributed by atoms with Gasteiger partial charge >= 0.3 is 5.97 Å². The lowest BCUT2D eigenvalue weighted by Gasteiger charge is -2.15. The second-order valence-corrected chi connectivity index (χ2v) is 4.01.